The normalized spacial score (nSPS) is 17.6. The molecule has 1 aliphatic carbocycles. The summed E-state index contributed by atoms with van der Waals surface area (Å²) in [5.41, 5.74) is 5.30. The fourth-order valence-electron chi connectivity index (χ4n) is 3.28. The Labute approximate surface area is 178 Å². The largest absolute Gasteiger partial charge is 0.486 e. The second kappa shape index (κ2) is 8.95. The molecular formula is C20H25N5O4S. The van der Waals surface area contributed by atoms with Crippen molar-refractivity contribution in [3.05, 3.63) is 30.1 Å². The van der Waals surface area contributed by atoms with Gasteiger partial charge in [0.05, 0.1) is 12.3 Å². The Morgan fingerprint density at radius 3 is 2.77 bits per heavy atom. The van der Waals surface area contributed by atoms with Gasteiger partial charge in [-0.15, -0.1) is 10.2 Å². The number of hydrogen-bond acceptors (Lipinski definition) is 7. The molecule has 1 fully saturated rings. The summed E-state index contributed by atoms with van der Waals surface area (Å²) in [5.74, 6) is 2.50. The van der Waals surface area contributed by atoms with Crippen LogP contribution in [-0.4, -0.2) is 63.5 Å². The van der Waals surface area contributed by atoms with Gasteiger partial charge in [-0.3, -0.25) is 9.59 Å². The summed E-state index contributed by atoms with van der Waals surface area (Å²) in [6, 6.07) is 7.50. The number of aromatic nitrogens is 3. The summed E-state index contributed by atoms with van der Waals surface area (Å²) >= 11 is 1.33. The molecule has 2 aromatic rings. The summed E-state index contributed by atoms with van der Waals surface area (Å²) in [5, 5.41) is 9.15. The van der Waals surface area contributed by atoms with Gasteiger partial charge in [0.15, 0.2) is 22.8 Å². The number of nitrogens with zero attached hydrogens (tertiary/aromatic N) is 4. The second-order valence-corrected chi connectivity index (χ2v) is 8.49. The second-order valence-electron chi connectivity index (χ2n) is 7.54. The van der Waals surface area contributed by atoms with Gasteiger partial charge < -0.3 is 24.7 Å². The average molecular weight is 432 g/mol. The van der Waals surface area contributed by atoms with E-state index in [1.165, 1.54) is 11.8 Å². The number of benzene rings is 1. The molecule has 30 heavy (non-hydrogen) atoms. The summed E-state index contributed by atoms with van der Waals surface area (Å²) in [4.78, 5) is 25.5. The fourth-order valence-corrected chi connectivity index (χ4v) is 4.19. The van der Waals surface area contributed by atoms with Gasteiger partial charge in [-0.25, -0.2) is 0 Å². The molecular weight excluding hydrogens is 406 g/mol. The predicted octanol–water partition coefficient (Wildman–Crippen LogP) is 1.42. The molecule has 4 rings (SSSR count). The molecule has 0 unspecified atom stereocenters. The van der Waals surface area contributed by atoms with Crippen LogP contribution in [0.4, 0.5) is 0 Å². The number of likely N-dealkylation sites (N-methyl/N-ethyl adjacent to an activating group) is 1. The number of thioether (sulfide) groups is 1. The zero-order valence-electron chi connectivity index (χ0n) is 16.8. The molecule has 0 saturated heterocycles. The molecule has 2 heterocycles. The smallest absolute Gasteiger partial charge is 0.232 e. The van der Waals surface area contributed by atoms with E-state index < -0.39 is 0 Å². The van der Waals surface area contributed by atoms with Crippen LogP contribution in [-0.2, 0) is 16.1 Å². The van der Waals surface area contributed by atoms with Crippen LogP contribution >= 0.6 is 11.8 Å². The minimum atomic E-state index is -0.367. The third kappa shape index (κ3) is 4.86. The fraction of sp³-hybridized carbons (Fsp3) is 0.500. The maximum Gasteiger partial charge on any atom is 0.232 e. The molecule has 2 amide bonds. The topological polar surface area (TPSA) is 113 Å². The number of carbonyl (C=O) groups excluding carboxylic acids is 2. The van der Waals surface area contributed by atoms with Crippen molar-refractivity contribution in [2.75, 3.05) is 26.0 Å². The number of carbonyl (C=O) groups is 2. The molecule has 2 N–H and O–H groups in total. The maximum atomic E-state index is 12.6. The molecule has 0 spiro atoms. The van der Waals surface area contributed by atoms with Gasteiger partial charge in [-0.2, -0.15) is 0 Å². The van der Waals surface area contributed by atoms with Gasteiger partial charge in [0, 0.05) is 25.9 Å². The average Bonchev–Trinajstić information content (AvgIpc) is 3.50. The number of para-hydroxylation sites is 2. The van der Waals surface area contributed by atoms with Crippen LogP contribution in [0, 0.1) is 0 Å². The van der Waals surface area contributed by atoms with Gasteiger partial charge in [0.25, 0.3) is 0 Å². The molecule has 9 nitrogen and oxygen atoms in total. The van der Waals surface area contributed by atoms with Crippen molar-refractivity contribution in [1.29, 1.82) is 0 Å². The van der Waals surface area contributed by atoms with E-state index in [0.717, 1.165) is 24.4 Å². The van der Waals surface area contributed by atoms with Crippen molar-refractivity contribution in [3.8, 4) is 11.5 Å². The van der Waals surface area contributed by atoms with Crippen LogP contribution in [0.15, 0.2) is 29.4 Å². The van der Waals surface area contributed by atoms with E-state index >= 15 is 0 Å². The van der Waals surface area contributed by atoms with Gasteiger partial charge in [-0.1, -0.05) is 23.9 Å². The molecule has 0 bridgehead atoms. The number of primary amides is 1. The number of hydrogen-bond donors (Lipinski definition) is 1. The number of ether oxygens (including phenoxy) is 2. The minimum absolute atomic E-state index is 0.0418. The first-order valence-electron chi connectivity index (χ1n) is 9.98. The Balaban J connectivity index is 1.31. The van der Waals surface area contributed by atoms with Crippen LogP contribution in [0.2, 0.25) is 0 Å². The molecule has 160 valence electrons. The van der Waals surface area contributed by atoms with Crippen molar-refractivity contribution in [2.45, 2.75) is 43.0 Å². The van der Waals surface area contributed by atoms with Crippen LogP contribution in [0.3, 0.4) is 0 Å². The Kier molecular flexibility index (Phi) is 6.12. The molecule has 1 aromatic carbocycles. The van der Waals surface area contributed by atoms with E-state index in [9.17, 15) is 9.59 Å². The van der Waals surface area contributed by atoms with Crippen molar-refractivity contribution < 1.29 is 19.1 Å². The maximum absolute atomic E-state index is 12.6. The Morgan fingerprint density at radius 2 is 2.03 bits per heavy atom. The molecule has 2 aliphatic rings. The van der Waals surface area contributed by atoms with E-state index in [0.29, 0.717) is 36.5 Å². The summed E-state index contributed by atoms with van der Waals surface area (Å²) in [6.45, 7) is 1.26. The zero-order chi connectivity index (χ0) is 21.1. The Morgan fingerprint density at radius 1 is 1.27 bits per heavy atom. The SMILES string of the molecule is CN(C[C@H]1COc2ccccc2O1)C(=O)CSc1nnc(C2CC2)n1CCC(N)=O. The lowest BCUT2D eigenvalue weighted by Gasteiger charge is -2.29. The van der Waals surface area contributed by atoms with Crippen LogP contribution in [0.1, 0.15) is 31.0 Å². The number of amides is 2. The van der Waals surface area contributed by atoms with Gasteiger partial charge in [-0.05, 0) is 25.0 Å². The first-order chi connectivity index (χ1) is 14.5. The highest BCUT2D eigenvalue weighted by molar-refractivity contribution is 7.99. The van der Waals surface area contributed by atoms with Crippen molar-refractivity contribution in [1.82, 2.24) is 19.7 Å². The quantitative estimate of drug-likeness (QED) is 0.598. The van der Waals surface area contributed by atoms with Gasteiger partial charge in [0.2, 0.25) is 11.8 Å². The molecule has 1 aromatic heterocycles. The van der Waals surface area contributed by atoms with Crippen molar-refractivity contribution in [2.24, 2.45) is 5.73 Å². The Hall–Kier alpha value is -2.75. The molecule has 1 atom stereocenters. The summed E-state index contributed by atoms with van der Waals surface area (Å²) < 4.78 is 13.6. The monoisotopic (exact) mass is 431 g/mol. The first kappa shape index (κ1) is 20.5. The van der Waals surface area contributed by atoms with Crippen LogP contribution in [0.25, 0.3) is 0 Å². The lowest BCUT2D eigenvalue weighted by Crippen LogP contribution is -2.42. The standard InChI is InChI=1S/C20H25N5O4S/c1-24(10-14-11-28-15-4-2-3-5-16(15)29-14)18(27)12-30-20-23-22-19(13-6-7-13)25(20)9-8-17(21)26/h2-5,13-14H,6-12H2,1H3,(H2,21,26)/t14-/m0/s1. The summed E-state index contributed by atoms with van der Waals surface area (Å²) in [6.07, 6.45) is 2.15. The lowest BCUT2D eigenvalue weighted by molar-refractivity contribution is -0.128. The highest BCUT2D eigenvalue weighted by Gasteiger charge is 2.31. The van der Waals surface area contributed by atoms with E-state index in [-0.39, 0.29) is 30.1 Å². The predicted molar refractivity (Wildman–Crippen MR) is 111 cm³/mol. The van der Waals surface area contributed by atoms with Gasteiger partial charge >= 0.3 is 0 Å². The van der Waals surface area contributed by atoms with E-state index in [1.54, 1.807) is 11.9 Å². The number of rotatable bonds is 9. The lowest BCUT2D eigenvalue weighted by atomic mass is 10.2. The minimum Gasteiger partial charge on any atom is -0.486 e. The van der Waals surface area contributed by atoms with E-state index in [2.05, 4.69) is 10.2 Å². The van der Waals surface area contributed by atoms with Crippen molar-refractivity contribution in [3.63, 3.8) is 0 Å². The van der Waals surface area contributed by atoms with Gasteiger partial charge in [0.1, 0.15) is 12.4 Å². The van der Waals surface area contributed by atoms with E-state index in [4.69, 9.17) is 15.2 Å². The third-order valence-electron chi connectivity index (χ3n) is 5.07. The highest BCUT2D eigenvalue weighted by atomic mass is 32.2. The number of nitrogens with two attached hydrogens (primary N) is 1. The molecule has 1 saturated carbocycles. The van der Waals surface area contributed by atoms with Crippen molar-refractivity contribution >= 4 is 23.6 Å². The molecule has 0 radical (unpaired) electrons. The van der Waals surface area contributed by atoms with E-state index in [1.807, 2.05) is 28.8 Å². The molecule has 10 heteroatoms. The first-order valence-corrected chi connectivity index (χ1v) is 11.0. The van der Waals surface area contributed by atoms with Crippen LogP contribution in [0.5, 0.6) is 11.5 Å². The number of fused-ring (bicyclic) bond motifs is 1. The van der Waals surface area contributed by atoms with Crippen LogP contribution < -0.4 is 15.2 Å². The highest BCUT2D eigenvalue weighted by Crippen LogP contribution is 2.40. The third-order valence-corrected chi connectivity index (χ3v) is 6.02. The Bertz CT molecular complexity index is 930. The summed E-state index contributed by atoms with van der Waals surface area (Å²) in [7, 11) is 1.75. The molecule has 1 aliphatic heterocycles. The zero-order valence-corrected chi connectivity index (χ0v) is 17.6.